The SMILES string of the molecule is CNCCN(C)C(=O)C(C)(C)CN. The van der Waals surface area contributed by atoms with Gasteiger partial charge in [0.2, 0.25) is 5.91 Å². The van der Waals surface area contributed by atoms with Gasteiger partial charge in [0, 0.05) is 26.7 Å². The minimum atomic E-state index is -0.442. The third-order valence-corrected chi connectivity index (χ3v) is 2.13. The quantitative estimate of drug-likeness (QED) is 0.618. The number of carbonyl (C=O) groups is 1. The Kier molecular flexibility index (Phi) is 4.95. The Hall–Kier alpha value is -0.610. The molecular formula is C9H21N3O. The highest BCUT2D eigenvalue weighted by Gasteiger charge is 2.28. The summed E-state index contributed by atoms with van der Waals surface area (Å²) in [6, 6.07) is 0. The molecule has 0 aromatic rings. The molecular weight excluding hydrogens is 166 g/mol. The van der Waals surface area contributed by atoms with Crippen LogP contribution in [0.25, 0.3) is 0 Å². The maximum absolute atomic E-state index is 11.7. The summed E-state index contributed by atoms with van der Waals surface area (Å²) >= 11 is 0. The van der Waals surface area contributed by atoms with E-state index in [-0.39, 0.29) is 5.91 Å². The molecule has 1 amide bonds. The normalized spacial score (nSPS) is 11.5. The third-order valence-electron chi connectivity index (χ3n) is 2.13. The zero-order chi connectivity index (χ0) is 10.5. The second-order valence-corrected chi connectivity index (χ2v) is 3.92. The molecule has 0 unspecified atom stereocenters. The van der Waals surface area contributed by atoms with Crippen LogP contribution in [0.3, 0.4) is 0 Å². The Bertz CT molecular complexity index is 168. The van der Waals surface area contributed by atoms with Gasteiger partial charge in [-0.1, -0.05) is 0 Å². The number of nitrogens with zero attached hydrogens (tertiary/aromatic N) is 1. The van der Waals surface area contributed by atoms with Gasteiger partial charge >= 0.3 is 0 Å². The van der Waals surface area contributed by atoms with E-state index in [1.807, 2.05) is 20.9 Å². The molecule has 4 heteroatoms. The van der Waals surface area contributed by atoms with Gasteiger partial charge < -0.3 is 16.0 Å². The topological polar surface area (TPSA) is 58.4 Å². The van der Waals surface area contributed by atoms with Gasteiger partial charge in [-0.05, 0) is 20.9 Å². The first-order valence-electron chi connectivity index (χ1n) is 4.56. The van der Waals surface area contributed by atoms with Gasteiger partial charge in [-0.3, -0.25) is 4.79 Å². The van der Waals surface area contributed by atoms with Crippen molar-refractivity contribution < 1.29 is 4.79 Å². The molecule has 0 aromatic heterocycles. The van der Waals surface area contributed by atoms with Gasteiger partial charge in [-0.25, -0.2) is 0 Å². The maximum atomic E-state index is 11.7. The lowest BCUT2D eigenvalue weighted by atomic mass is 9.92. The van der Waals surface area contributed by atoms with Gasteiger partial charge in [0.1, 0.15) is 0 Å². The van der Waals surface area contributed by atoms with E-state index >= 15 is 0 Å². The lowest BCUT2D eigenvalue weighted by Crippen LogP contribution is -2.44. The average Bonchev–Trinajstić information content (AvgIpc) is 2.12. The van der Waals surface area contributed by atoms with Crippen molar-refractivity contribution >= 4 is 5.91 Å². The van der Waals surface area contributed by atoms with Crippen LogP contribution in [0.4, 0.5) is 0 Å². The fourth-order valence-electron chi connectivity index (χ4n) is 0.985. The summed E-state index contributed by atoms with van der Waals surface area (Å²) in [5.74, 6) is 0.102. The molecule has 0 aromatic carbocycles. The van der Waals surface area contributed by atoms with Crippen molar-refractivity contribution in [3.8, 4) is 0 Å². The molecule has 0 spiro atoms. The zero-order valence-electron chi connectivity index (χ0n) is 9.05. The zero-order valence-corrected chi connectivity index (χ0v) is 9.05. The van der Waals surface area contributed by atoms with Crippen LogP contribution < -0.4 is 11.1 Å². The van der Waals surface area contributed by atoms with Gasteiger partial charge in [-0.2, -0.15) is 0 Å². The molecule has 3 N–H and O–H groups in total. The summed E-state index contributed by atoms with van der Waals surface area (Å²) in [7, 11) is 3.67. The second kappa shape index (κ2) is 5.19. The van der Waals surface area contributed by atoms with Crippen LogP contribution in [0.5, 0.6) is 0 Å². The summed E-state index contributed by atoms with van der Waals surface area (Å²) in [6.07, 6.45) is 0. The number of carbonyl (C=O) groups excluding carboxylic acids is 1. The Morgan fingerprint density at radius 3 is 2.46 bits per heavy atom. The first-order chi connectivity index (χ1) is 5.95. The lowest BCUT2D eigenvalue weighted by molar-refractivity contribution is -0.138. The van der Waals surface area contributed by atoms with Crippen molar-refractivity contribution in [2.24, 2.45) is 11.1 Å². The Morgan fingerprint density at radius 2 is 2.08 bits per heavy atom. The van der Waals surface area contributed by atoms with Crippen LogP contribution in [0.15, 0.2) is 0 Å². The van der Waals surface area contributed by atoms with Crippen molar-refractivity contribution in [2.45, 2.75) is 13.8 Å². The van der Waals surface area contributed by atoms with Crippen LogP contribution in [-0.2, 0) is 4.79 Å². The Balaban J connectivity index is 4.09. The van der Waals surface area contributed by atoms with E-state index in [9.17, 15) is 4.79 Å². The Morgan fingerprint density at radius 1 is 1.54 bits per heavy atom. The van der Waals surface area contributed by atoms with E-state index in [1.54, 1.807) is 11.9 Å². The number of amides is 1. The molecule has 0 rings (SSSR count). The van der Waals surface area contributed by atoms with E-state index in [4.69, 9.17) is 5.73 Å². The first-order valence-corrected chi connectivity index (χ1v) is 4.56. The predicted molar refractivity (Wildman–Crippen MR) is 54.4 cm³/mol. The first kappa shape index (κ1) is 12.4. The molecule has 0 saturated carbocycles. The van der Waals surface area contributed by atoms with E-state index in [0.29, 0.717) is 6.54 Å². The van der Waals surface area contributed by atoms with Gasteiger partial charge in [-0.15, -0.1) is 0 Å². The highest BCUT2D eigenvalue weighted by Crippen LogP contribution is 2.15. The van der Waals surface area contributed by atoms with E-state index < -0.39 is 5.41 Å². The van der Waals surface area contributed by atoms with Crippen molar-refractivity contribution in [1.29, 1.82) is 0 Å². The van der Waals surface area contributed by atoms with Crippen LogP contribution >= 0.6 is 0 Å². The van der Waals surface area contributed by atoms with Crippen molar-refractivity contribution in [1.82, 2.24) is 10.2 Å². The largest absolute Gasteiger partial charge is 0.344 e. The molecule has 4 nitrogen and oxygen atoms in total. The number of nitrogens with two attached hydrogens (primary N) is 1. The van der Waals surface area contributed by atoms with Gasteiger partial charge in [0.05, 0.1) is 5.41 Å². The molecule has 0 bridgehead atoms. The van der Waals surface area contributed by atoms with Gasteiger partial charge in [0.25, 0.3) is 0 Å². The second-order valence-electron chi connectivity index (χ2n) is 3.92. The predicted octanol–water partition coefficient (Wildman–Crippen LogP) is -0.351. The number of nitrogens with one attached hydrogen (secondary N) is 1. The number of hydrogen-bond acceptors (Lipinski definition) is 3. The highest BCUT2D eigenvalue weighted by molar-refractivity contribution is 5.81. The number of rotatable bonds is 5. The van der Waals surface area contributed by atoms with Crippen LogP contribution in [0.1, 0.15) is 13.8 Å². The van der Waals surface area contributed by atoms with Gasteiger partial charge in [0.15, 0.2) is 0 Å². The molecule has 0 aliphatic carbocycles. The molecule has 0 fully saturated rings. The third kappa shape index (κ3) is 3.74. The maximum Gasteiger partial charge on any atom is 0.229 e. The standard InChI is InChI=1S/C9H21N3O/c1-9(2,7-10)8(13)12(4)6-5-11-3/h11H,5-7,10H2,1-4H3. The fourth-order valence-corrected chi connectivity index (χ4v) is 0.985. The molecule has 13 heavy (non-hydrogen) atoms. The Labute approximate surface area is 80.5 Å². The molecule has 0 radical (unpaired) electrons. The number of hydrogen-bond donors (Lipinski definition) is 2. The molecule has 0 heterocycles. The van der Waals surface area contributed by atoms with E-state index in [1.165, 1.54) is 0 Å². The molecule has 0 saturated heterocycles. The summed E-state index contributed by atoms with van der Waals surface area (Å²) < 4.78 is 0. The molecule has 0 aliphatic heterocycles. The average molecular weight is 187 g/mol. The van der Waals surface area contributed by atoms with Crippen LogP contribution in [-0.4, -0.2) is 44.5 Å². The fraction of sp³-hybridized carbons (Fsp3) is 0.889. The van der Waals surface area contributed by atoms with E-state index in [0.717, 1.165) is 13.1 Å². The summed E-state index contributed by atoms with van der Waals surface area (Å²) in [5, 5.41) is 3.00. The minimum Gasteiger partial charge on any atom is -0.344 e. The minimum absolute atomic E-state index is 0.102. The van der Waals surface area contributed by atoms with Crippen molar-refractivity contribution in [2.75, 3.05) is 33.7 Å². The van der Waals surface area contributed by atoms with Crippen molar-refractivity contribution in [3.05, 3.63) is 0 Å². The van der Waals surface area contributed by atoms with Crippen molar-refractivity contribution in [3.63, 3.8) is 0 Å². The number of likely N-dealkylation sites (N-methyl/N-ethyl adjacent to an activating group) is 2. The van der Waals surface area contributed by atoms with Crippen LogP contribution in [0.2, 0.25) is 0 Å². The smallest absolute Gasteiger partial charge is 0.229 e. The summed E-state index contributed by atoms with van der Waals surface area (Å²) in [5.41, 5.74) is 5.07. The molecule has 78 valence electrons. The van der Waals surface area contributed by atoms with Crippen LogP contribution in [0, 0.1) is 5.41 Å². The highest BCUT2D eigenvalue weighted by atomic mass is 16.2. The molecule has 0 aliphatic rings. The molecule has 0 atom stereocenters. The summed E-state index contributed by atoms with van der Waals surface area (Å²) in [4.78, 5) is 13.4. The van der Waals surface area contributed by atoms with E-state index in [2.05, 4.69) is 5.32 Å². The lowest BCUT2D eigenvalue weighted by Gasteiger charge is -2.28. The summed E-state index contributed by atoms with van der Waals surface area (Å²) in [6.45, 7) is 5.65. The monoisotopic (exact) mass is 187 g/mol.